The molecule has 0 atom stereocenters. The summed E-state index contributed by atoms with van der Waals surface area (Å²) in [6, 6.07) is 0. The average molecular weight is 223 g/mol. The van der Waals surface area contributed by atoms with Gasteiger partial charge in [-0.25, -0.2) is 9.97 Å². The van der Waals surface area contributed by atoms with E-state index in [0.29, 0.717) is 18.1 Å². The second-order valence-electron chi connectivity index (χ2n) is 2.89. The molecular formula is C8H9N5OS. The molecule has 0 spiro atoms. The van der Waals surface area contributed by atoms with E-state index >= 15 is 0 Å². The highest BCUT2D eigenvalue weighted by Gasteiger charge is 2.07. The van der Waals surface area contributed by atoms with Gasteiger partial charge in [0, 0.05) is 12.4 Å². The molecule has 0 saturated carbocycles. The highest BCUT2D eigenvalue weighted by atomic mass is 32.1. The van der Waals surface area contributed by atoms with Crippen LogP contribution in [0.1, 0.15) is 16.3 Å². The molecule has 0 aliphatic carbocycles. The number of aryl methyl sites for hydroxylation is 1. The van der Waals surface area contributed by atoms with Crippen LogP contribution in [0.4, 0.5) is 0 Å². The zero-order chi connectivity index (χ0) is 10.7. The first-order chi connectivity index (χ1) is 7.25. The lowest BCUT2D eigenvalue weighted by molar-refractivity contribution is 0.0945. The van der Waals surface area contributed by atoms with Gasteiger partial charge in [0.15, 0.2) is 5.82 Å². The molecule has 15 heavy (non-hydrogen) atoms. The van der Waals surface area contributed by atoms with Gasteiger partial charge in [-0.05, 0) is 0 Å². The Morgan fingerprint density at radius 1 is 1.60 bits per heavy atom. The van der Waals surface area contributed by atoms with Crippen LogP contribution in [0.3, 0.4) is 0 Å². The maximum absolute atomic E-state index is 11.5. The minimum Gasteiger partial charge on any atom is -0.343 e. The minimum atomic E-state index is -0.205. The van der Waals surface area contributed by atoms with Crippen molar-refractivity contribution in [2.24, 2.45) is 7.05 Å². The highest BCUT2D eigenvalue weighted by molar-refractivity contribution is 7.07. The Labute approximate surface area is 90.0 Å². The molecule has 0 unspecified atom stereocenters. The summed E-state index contributed by atoms with van der Waals surface area (Å²) in [7, 11) is 1.78. The summed E-state index contributed by atoms with van der Waals surface area (Å²) in [5.41, 5.74) is 2.05. The maximum atomic E-state index is 11.5. The summed E-state index contributed by atoms with van der Waals surface area (Å²) in [5.74, 6) is 0.379. The highest BCUT2D eigenvalue weighted by Crippen LogP contribution is 2.00. The van der Waals surface area contributed by atoms with Crippen LogP contribution in [0.2, 0.25) is 0 Å². The summed E-state index contributed by atoms with van der Waals surface area (Å²) in [6.07, 6.45) is 1.59. The number of nitrogens with one attached hydrogen (secondary N) is 1. The predicted octanol–water partition coefficient (Wildman–Crippen LogP) is 0.202. The first-order valence-corrected chi connectivity index (χ1v) is 5.21. The van der Waals surface area contributed by atoms with Crippen molar-refractivity contribution in [3.63, 3.8) is 0 Å². The summed E-state index contributed by atoms with van der Waals surface area (Å²) in [6.45, 7) is 0.317. The van der Waals surface area contributed by atoms with Crippen LogP contribution < -0.4 is 5.32 Å². The van der Waals surface area contributed by atoms with Gasteiger partial charge in [-0.2, -0.15) is 5.10 Å². The number of thiazole rings is 1. The van der Waals surface area contributed by atoms with Crippen molar-refractivity contribution in [1.82, 2.24) is 25.1 Å². The molecular weight excluding hydrogens is 214 g/mol. The van der Waals surface area contributed by atoms with E-state index in [1.54, 1.807) is 28.9 Å². The van der Waals surface area contributed by atoms with E-state index < -0.39 is 0 Å². The molecule has 78 valence electrons. The topological polar surface area (TPSA) is 72.7 Å². The number of carbonyl (C=O) groups is 1. The van der Waals surface area contributed by atoms with Crippen molar-refractivity contribution < 1.29 is 4.79 Å². The zero-order valence-corrected chi connectivity index (χ0v) is 8.86. The van der Waals surface area contributed by atoms with E-state index in [9.17, 15) is 4.79 Å². The smallest absolute Gasteiger partial charge is 0.271 e. The molecule has 0 aliphatic rings. The average Bonchev–Trinajstić information content (AvgIpc) is 2.84. The Morgan fingerprint density at radius 3 is 3.07 bits per heavy atom. The number of nitrogens with zero attached hydrogens (tertiary/aromatic N) is 4. The Hall–Kier alpha value is -1.76. The molecule has 2 heterocycles. The van der Waals surface area contributed by atoms with Crippen LogP contribution in [0.5, 0.6) is 0 Å². The van der Waals surface area contributed by atoms with Gasteiger partial charge in [0.25, 0.3) is 5.91 Å². The van der Waals surface area contributed by atoms with Crippen LogP contribution in [0, 0.1) is 0 Å². The molecule has 0 saturated heterocycles. The summed E-state index contributed by atoms with van der Waals surface area (Å²) in [4.78, 5) is 19.3. The Morgan fingerprint density at radius 2 is 2.47 bits per heavy atom. The van der Waals surface area contributed by atoms with Gasteiger partial charge >= 0.3 is 0 Å². The molecule has 0 fully saturated rings. The molecule has 0 radical (unpaired) electrons. The van der Waals surface area contributed by atoms with Crippen LogP contribution in [0.25, 0.3) is 0 Å². The van der Waals surface area contributed by atoms with Crippen LogP contribution in [-0.4, -0.2) is 25.7 Å². The summed E-state index contributed by atoms with van der Waals surface area (Å²) < 4.78 is 1.59. The van der Waals surface area contributed by atoms with Crippen molar-refractivity contribution in [3.8, 4) is 0 Å². The number of hydrogen-bond donors (Lipinski definition) is 1. The third-order valence-electron chi connectivity index (χ3n) is 1.72. The lowest BCUT2D eigenvalue weighted by Gasteiger charge is -1.98. The van der Waals surface area contributed by atoms with Gasteiger partial charge in [0.2, 0.25) is 0 Å². The second kappa shape index (κ2) is 4.18. The molecule has 0 bridgehead atoms. The van der Waals surface area contributed by atoms with Crippen molar-refractivity contribution in [3.05, 3.63) is 28.7 Å². The standard InChI is InChI=1S/C8H9N5OS/c1-13-4-10-7(12-13)2-9-8(14)6-3-15-5-11-6/h3-5H,2H2,1H3,(H,9,14). The van der Waals surface area contributed by atoms with Crippen LogP contribution in [0.15, 0.2) is 17.2 Å². The molecule has 0 aromatic carbocycles. The SMILES string of the molecule is Cn1cnc(CNC(=O)c2cscn2)n1. The van der Waals surface area contributed by atoms with Gasteiger partial charge in [-0.3, -0.25) is 9.48 Å². The van der Waals surface area contributed by atoms with Crippen molar-refractivity contribution >= 4 is 17.2 Å². The van der Waals surface area contributed by atoms with Crippen molar-refractivity contribution in [1.29, 1.82) is 0 Å². The largest absolute Gasteiger partial charge is 0.343 e. The number of amides is 1. The Kier molecular flexibility index (Phi) is 2.72. The molecule has 6 nitrogen and oxygen atoms in total. The van der Waals surface area contributed by atoms with E-state index in [-0.39, 0.29) is 5.91 Å². The van der Waals surface area contributed by atoms with Gasteiger partial charge in [-0.1, -0.05) is 0 Å². The van der Waals surface area contributed by atoms with Gasteiger partial charge in [0.05, 0.1) is 12.1 Å². The number of carbonyl (C=O) groups excluding carboxylic acids is 1. The van der Waals surface area contributed by atoms with E-state index in [1.165, 1.54) is 11.3 Å². The second-order valence-corrected chi connectivity index (χ2v) is 3.61. The fourth-order valence-corrected chi connectivity index (χ4v) is 1.57. The third-order valence-corrected chi connectivity index (χ3v) is 2.31. The lowest BCUT2D eigenvalue weighted by Crippen LogP contribution is -2.23. The Balaban J connectivity index is 1.91. The first-order valence-electron chi connectivity index (χ1n) is 4.26. The van der Waals surface area contributed by atoms with E-state index in [4.69, 9.17) is 0 Å². The van der Waals surface area contributed by atoms with Gasteiger partial charge in [0.1, 0.15) is 12.0 Å². The molecule has 0 aliphatic heterocycles. The Bertz CT molecular complexity index is 449. The van der Waals surface area contributed by atoms with Gasteiger partial charge in [-0.15, -0.1) is 11.3 Å². The quantitative estimate of drug-likeness (QED) is 0.806. The number of hydrogen-bond acceptors (Lipinski definition) is 5. The molecule has 2 aromatic heterocycles. The lowest BCUT2D eigenvalue weighted by atomic mass is 10.4. The van der Waals surface area contributed by atoms with Crippen molar-refractivity contribution in [2.45, 2.75) is 6.54 Å². The van der Waals surface area contributed by atoms with E-state index in [1.807, 2.05) is 0 Å². The molecule has 1 N–H and O–H groups in total. The molecule has 2 rings (SSSR count). The van der Waals surface area contributed by atoms with E-state index in [0.717, 1.165) is 0 Å². The van der Waals surface area contributed by atoms with Crippen LogP contribution in [-0.2, 0) is 13.6 Å². The molecule has 7 heteroatoms. The molecule has 1 amide bonds. The van der Waals surface area contributed by atoms with Crippen molar-refractivity contribution in [2.75, 3.05) is 0 Å². The monoisotopic (exact) mass is 223 g/mol. The fourth-order valence-electron chi connectivity index (χ4n) is 1.04. The molecule has 2 aromatic rings. The number of aromatic nitrogens is 4. The normalized spacial score (nSPS) is 10.2. The third kappa shape index (κ3) is 2.38. The summed E-state index contributed by atoms with van der Waals surface area (Å²) >= 11 is 1.39. The van der Waals surface area contributed by atoms with Crippen LogP contribution >= 0.6 is 11.3 Å². The number of rotatable bonds is 3. The minimum absolute atomic E-state index is 0.205. The predicted molar refractivity (Wildman–Crippen MR) is 54.3 cm³/mol. The fraction of sp³-hybridized carbons (Fsp3) is 0.250. The summed E-state index contributed by atoms with van der Waals surface area (Å²) in [5, 5.41) is 8.41. The zero-order valence-electron chi connectivity index (χ0n) is 8.04. The maximum Gasteiger partial charge on any atom is 0.271 e. The first kappa shape index (κ1) is 9.78. The van der Waals surface area contributed by atoms with E-state index in [2.05, 4.69) is 20.4 Å². The van der Waals surface area contributed by atoms with Gasteiger partial charge < -0.3 is 5.32 Å².